The Kier molecular flexibility index (Phi) is 3.39. The molecule has 0 unspecified atom stereocenters. The number of rotatable bonds is 2. The van der Waals surface area contributed by atoms with Crippen molar-refractivity contribution in [3.8, 4) is 0 Å². The molecular weight excluding hydrogens is 249 g/mol. The quantitative estimate of drug-likeness (QED) is 0.652. The minimum Gasteiger partial charge on any atom is -0.326 e. The molecule has 0 saturated heterocycles. The summed E-state index contributed by atoms with van der Waals surface area (Å²) in [6.07, 6.45) is -4.81. The Bertz CT molecular complexity index is 434. The van der Waals surface area contributed by atoms with Gasteiger partial charge in [0.25, 0.3) is 5.69 Å². The fraction of sp³-hybridized carbons (Fsp3) is 0.250. The molecule has 0 heterocycles. The van der Waals surface area contributed by atoms with E-state index < -0.39 is 22.4 Å². The Labute approximate surface area is 93.0 Å². The maximum Gasteiger partial charge on any atom is 0.423 e. The fourth-order valence-electron chi connectivity index (χ4n) is 1.14. The topological polar surface area (TPSA) is 69.2 Å². The van der Waals surface area contributed by atoms with Crippen LogP contribution in [-0.2, 0) is 12.7 Å². The Morgan fingerprint density at radius 1 is 1.44 bits per heavy atom. The summed E-state index contributed by atoms with van der Waals surface area (Å²) in [5.41, 5.74) is 2.76. The van der Waals surface area contributed by atoms with Gasteiger partial charge in [0.2, 0.25) is 0 Å². The maximum atomic E-state index is 12.5. The largest absolute Gasteiger partial charge is 0.423 e. The van der Waals surface area contributed by atoms with E-state index >= 15 is 0 Å². The summed E-state index contributed by atoms with van der Waals surface area (Å²) in [4.78, 5) is 9.31. The van der Waals surface area contributed by atoms with Gasteiger partial charge < -0.3 is 5.73 Å². The maximum absolute atomic E-state index is 12.5. The summed E-state index contributed by atoms with van der Waals surface area (Å²) in [5, 5.41) is 10.3. The average Bonchev–Trinajstić information content (AvgIpc) is 2.15. The van der Waals surface area contributed by atoms with E-state index in [1.54, 1.807) is 0 Å². The Balaban J connectivity index is 3.49. The van der Waals surface area contributed by atoms with Crippen LogP contribution in [0.4, 0.5) is 18.9 Å². The van der Waals surface area contributed by atoms with E-state index in [1.807, 2.05) is 0 Å². The van der Waals surface area contributed by atoms with Gasteiger partial charge in [0.1, 0.15) is 5.56 Å². The predicted octanol–water partition coefficient (Wildman–Crippen LogP) is 2.73. The predicted molar refractivity (Wildman–Crippen MR) is 51.0 cm³/mol. The van der Waals surface area contributed by atoms with Crippen LogP contribution in [0.3, 0.4) is 0 Å². The molecule has 0 atom stereocenters. The number of hydrogen-bond acceptors (Lipinski definition) is 3. The molecule has 2 N–H and O–H groups in total. The molecule has 0 fully saturated rings. The number of nitro benzene ring substituents is 1. The smallest absolute Gasteiger partial charge is 0.326 e. The lowest BCUT2D eigenvalue weighted by Crippen LogP contribution is -2.11. The van der Waals surface area contributed by atoms with E-state index in [0.29, 0.717) is 12.1 Å². The number of benzene rings is 1. The molecule has 0 saturated carbocycles. The Hall–Kier alpha value is -1.34. The molecule has 4 nitrogen and oxygen atoms in total. The van der Waals surface area contributed by atoms with Gasteiger partial charge in [0.15, 0.2) is 0 Å². The van der Waals surface area contributed by atoms with Crippen molar-refractivity contribution in [3.05, 3.63) is 38.4 Å². The van der Waals surface area contributed by atoms with Gasteiger partial charge in [-0.15, -0.1) is 0 Å². The van der Waals surface area contributed by atoms with E-state index in [2.05, 4.69) is 0 Å². The van der Waals surface area contributed by atoms with Crippen molar-refractivity contribution < 1.29 is 18.1 Å². The van der Waals surface area contributed by atoms with Gasteiger partial charge in [-0.3, -0.25) is 10.1 Å². The number of nitrogens with zero attached hydrogens (tertiary/aromatic N) is 1. The molecule has 1 aromatic carbocycles. The van der Waals surface area contributed by atoms with Crippen molar-refractivity contribution in [1.82, 2.24) is 0 Å². The highest BCUT2D eigenvalue weighted by Gasteiger charge is 2.38. The van der Waals surface area contributed by atoms with E-state index in [1.165, 1.54) is 0 Å². The lowest BCUT2D eigenvalue weighted by molar-refractivity contribution is -0.388. The van der Waals surface area contributed by atoms with Crippen LogP contribution in [-0.4, -0.2) is 4.92 Å². The second kappa shape index (κ2) is 4.26. The van der Waals surface area contributed by atoms with Crippen LogP contribution < -0.4 is 5.73 Å². The molecule has 1 aromatic rings. The molecule has 16 heavy (non-hydrogen) atoms. The molecule has 0 bridgehead atoms. The van der Waals surface area contributed by atoms with Crippen molar-refractivity contribution >= 4 is 17.3 Å². The molecular formula is C8H6ClF3N2O2. The van der Waals surface area contributed by atoms with Crippen LogP contribution in [0.1, 0.15) is 11.1 Å². The normalized spacial score (nSPS) is 11.6. The second-order valence-corrected chi connectivity index (χ2v) is 3.33. The van der Waals surface area contributed by atoms with E-state index in [-0.39, 0.29) is 17.1 Å². The minimum absolute atomic E-state index is 0.0135. The number of nitrogens with two attached hydrogens (primary N) is 1. The van der Waals surface area contributed by atoms with Gasteiger partial charge >= 0.3 is 6.18 Å². The monoisotopic (exact) mass is 254 g/mol. The van der Waals surface area contributed by atoms with E-state index in [0.717, 1.165) is 0 Å². The first-order valence-electron chi connectivity index (χ1n) is 4.01. The first kappa shape index (κ1) is 12.7. The van der Waals surface area contributed by atoms with Gasteiger partial charge in [-0.1, -0.05) is 11.6 Å². The molecule has 0 aliphatic rings. The van der Waals surface area contributed by atoms with Gasteiger partial charge in [0.05, 0.1) is 9.95 Å². The summed E-state index contributed by atoms with van der Waals surface area (Å²) in [7, 11) is 0. The molecule has 88 valence electrons. The summed E-state index contributed by atoms with van der Waals surface area (Å²) in [5.74, 6) is 0. The number of nitro groups is 1. The van der Waals surface area contributed by atoms with E-state index in [4.69, 9.17) is 17.3 Å². The third-order valence-electron chi connectivity index (χ3n) is 1.89. The van der Waals surface area contributed by atoms with Crippen LogP contribution in [0, 0.1) is 10.1 Å². The van der Waals surface area contributed by atoms with Crippen LogP contribution in [0.2, 0.25) is 5.02 Å². The molecule has 0 amide bonds. The molecule has 8 heteroatoms. The average molecular weight is 255 g/mol. The highest BCUT2D eigenvalue weighted by molar-refractivity contribution is 6.31. The zero-order valence-electron chi connectivity index (χ0n) is 7.71. The zero-order chi connectivity index (χ0) is 12.5. The standard InChI is InChI=1S/C8H6ClF3N2O2/c9-6-2-7(14(15)16)5(8(10,11)12)1-4(6)3-13/h1-2H,3,13H2. The summed E-state index contributed by atoms with van der Waals surface area (Å²) >= 11 is 5.54. The van der Waals surface area contributed by atoms with Gasteiger partial charge in [-0.2, -0.15) is 13.2 Å². The van der Waals surface area contributed by atoms with Gasteiger partial charge in [-0.25, -0.2) is 0 Å². The Morgan fingerprint density at radius 2 is 2.00 bits per heavy atom. The van der Waals surface area contributed by atoms with Crippen LogP contribution in [0.25, 0.3) is 0 Å². The summed E-state index contributed by atoms with van der Waals surface area (Å²) in [6.45, 7) is -0.222. The van der Waals surface area contributed by atoms with Crippen molar-refractivity contribution in [2.45, 2.75) is 12.7 Å². The van der Waals surface area contributed by atoms with E-state index in [9.17, 15) is 23.3 Å². The van der Waals surface area contributed by atoms with Crippen LogP contribution in [0.15, 0.2) is 12.1 Å². The first-order valence-corrected chi connectivity index (χ1v) is 4.39. The number of hydrogen-bond donors (Lipinski definition) is 1. The minimum atomic E-state index is -4.81. The van der Waals surface area contributed by atoms with Gasteiger partial charge in [0, 0.05) is 12.6 Å². The van der Waals surface area contributed by atoms with Crippen molar-refractivity contribution in [1.29, 1.82) is 0 Å². The van der Waals surface area contributed by atoms with Crippen molar-refractivity contribution in [2.75, 3.05) is 0 Å². The molecule has 0 aliphatic heterocycles. The van der Waals surface area contributed by atoms with Crippen molar-refractivity contribution in [2.24, 2.45) is 5.73 Å². The lowest BCUT2D eigenvalue weighted by atomic mass is 10.1. The number of halogens is 4. The molecule has 0 aliphatic carbocycles. The van der Waals surface area contributed by atoms with Gasteiger partial charge in [-0.05, 0) is 11.6 Å². The third kappa shape index (κ3) is 2.42. The third-order valence-corrected chi connectivity index (χ3v) is 2.24. The lowest BCUT2D eigenvalue weighted by Gasteiger charge is -2.10. The fourth-order valence-corrected chi connectivity index (χ4v) is 1.38. The van der Waals surface area contributed by atoms with Crippen LogP contribution >= 0.6 is 11.6 Å². The summed E-state index contributed by atoms with van der Waals surface area (Å²) in [6, 6.07) is 1.26. The SMILES string of the molecule is NCc1cc(C(F)(F)F)c([N+](=O)[O-])cc1Cl. The molecule has 0 radical (unpaired) electrons. The van der Waals surface area contributed by atoms with Crippen LogP contribution in [0.5, 0.6) is 0 Å². The van der Waals surface area contributed by atoms with Crippen molar-refractivity contribution in [3.63, 3.8) is 0 Å². The molecule has 0 spiro atoms. The highest BCUT2D eigenvalue weighted by atomic mass is 35.5. The molecule has 1 rings (SSSR count). The Morgan fingerprint density at radius 3 is 2.38 bits per heavy atom. The zero-order valence-corrected chi connectivity index (χ0v) is 8.47. The summed E-state index contributed by atoms with van der Waals surface area (Å²) < 4.78 is 37.4. The second-order valence-electron chi connectivity index (χ2n) is 2.92. The number of alkyl halides is 3. The first-order chi connectivity index (χ1) is 7.27. The molecule has 0 aromatic heterocycles. The highest BCUT2D eigenvalue weighted by Crippen LogP contribution is 2.38.